The fourth-order valence-corrected chi connectivity index (χ4v) is 2.18. The summed E-state index contributed by atoms with van der Waals surface area (Å²) in [6.45, 7) is 13.9. The van der Waals surface area contributed by atoms with Gasteiger partial charge in [0.1, 0.15) is 0 Å². The van der Waals surface area contributed by atoms with E-state index in [1.165, 1.54) is 19.9 Å². The molecule has 0 saturated heterocycles. The van der Waals surface area contributed by atoms with Crippen LogP contribution in [0, 0.1) is 11.8 Å². The Kier molecular flexibility index (Phi) is 13.8. The molecule has 0 saturated carbocycles. The van der Waals surface area contributed by atoms with Crippen molar-refractivity contribution in [3.63, 3.8) is 0 Å². The van der Waals surface area contributed by atoms with Gasteiger partial charge in [-0.1, -0.05) is 58.8 Å². The Morgan fingerprint density at radius 2 is 1.46 bits per heavy atom. The maximum Gasteiger partial charge on any atom is 0.331 e. The molecule has 0 aromatic rings. The van der Waals surface area contributed by atoms with Crippen molar-refractivity contribution in [1.29, 1.82) is 0 Å². The van der Waals surface area contributed by atoms with Gasteiger partial charge in [-0.05, 0) is 26.2 Å². The van der Waals surface area contributed by atoms with Crippen LogP contribution in [0.4, 0.5) is 0 Å². The van der Waals surface area contributed by atoms with Crippen LogP contribution in [0.2, 0.25) is 0 Å². The number of carboxylic acid groups (broad SMARTS) is 3. The van der Waals surface area contributed by atoms with Gasteiger partial charge in [-0.25, -0.2) is 14.4 Å². The predicted molar refractivity (Wildman–Crippen MR) is 102 cm³/mol. The molecule has 26 heavy (non-hydrogen) atoms. The highest BCUT2D eigenvalue weighted by atomic mass is 16.4. The molecule has 2 atom stereocenters. The van der Waals surface area contributed by atoms with Crippen molar-refractivity contribution < 1.29 is 29.7 Å². The molecule has 0 aromatic carbocycles. The number of rotatable bonds is 11. The van der Waals surface area contributed by atoms with E-state index in [9.17, 15) is 14.4 Å². The third-order valence-corrected chi connectivity index (χ3v) is 4.01. The van der Waals surface area contributed by atoms with Gasteiger partial charge < -0.3 is 15.3 Å². The second-order valence-electron chi connectivity index (χ2n) is 6.33. The molecule has 0 heterocycles. The molecule has 0 aliphatic carbocycles. The Balaban J connectivity index is 0. The van der Waals surface area contributed by atoms with Gasteiger partial charge in [0.2, 0.25) is 0 Å². The van der Waals surface area contributed by atoms with Crippen molar-refractivity contribution in [3.05, 3.63) is 36.0 Å². The van der Waals surface area contributed by atoms with E-state index in [0.717, 1.165) is 25.7 Å². The zero-order valence-corrected chi connectivity index (χ0v) is 16.2. The first-order valence-electron chi connectivity index (χ1n) is 8.70. The summed E-state index contributed by atoms with van der Waals surface area (Å²) in [5, 5.41) is 25.9. The summed E-state index contributed by atoms with van der Waals surface area (Å²) in [5.74, 6) is -3.03. The summed E-state index contributed by atoms with van der Waals surface area (Å²) < 4.78 is 0. The molecule has 3 N–H and O–H groups in total. The molecule has 0 amide bonds. The van der Waals surface area contributed by atoms with Gasteiger partial charge in [-0.3, -0.25) is 0 Å². The number of carboxylic acids is 3. The highest BCUT2D eigenvalue weighted by Gasteiger charge is 2.21. The Labute approximate surface area is 155 Å². The molecule has 0 bridgehead atoms. The average molecular weight is 368 g/mol. The second-order valence-corrected chi connectivity index (χ2v) is 6.33. The van der Waals surface area contributed by atoms with Crippen molar-refractivity contribution in [2.45, 2.75) is 59.8 Å². The Morgan fingerprint density at radius 1 is 0.962 bits per heavy atom. The fraction of sp³-hybridized carbons (Fsp3) is 0.550. The minimum absolute atomic E-state index is 0.0700. The quantitative estimate of drug-likeness (QED) is 0.462. The molecule has 6 heteroatoms. The molecule has 0 aliphatic heterocycles. The van der Waals surface area contributed by atoms with Gasteiger partial charge >= 0.3 is 17.9 Å². The summed E-state index contributed by atoms with van der Waals surface area (Å²) in [4.78, 5) is 31.6. The number of hydrogen-bond acceptors (Lipinski definition) is 3. The maximum absolute atomic E-state index is 11.1. The van der Waals surface area contributed by atoms with Crippen molar-refractivity contribution in [1.82, 2.24) is 0 Å². The Morgan fingerprint density at radius 3 is 1.77 bits per heavy atom. The summed E-state index contributed by atoms with van der Waals surface area (Å²) >= 11 is 0. The van der Waals surface area contributed by atoms with E-state index in [0.29, 0.717) is 12.3 Å². The number of allylic oxidation sites excluding steroid dienone is 1. The number of aliphatic carboxylic acids is 3. The lowest BCUT2D eigenvalue weighted by molar-refractivity contribution is -0.134. The van der Waals surface area contributed by atoms with E-state index in [2.05, 4.69) is 27.0 Å². The first-order chi connectivity index (χ1) is 12.0. The monoisotopic (exact) mass is 368 g/mol. The lowest BCUT2D eigenvalue weighted by Crippen LogP contribution is -2.15. The molecule has 0 aliphatic rings. The maximum atomic E-state index is 11.1. The number of unbranched alkanes of at least 4 members (excludes halogenated alkanes) is 1. The molecular weight excluding hydrogens is 336 g/mol. The number of carbonyl (C=O) groups is 3. The smallest absolute Gasteiger partial charge is 0.331 e. The molecule has 2 unspecified atom stereocenters. The molecule has 0 radical (unpaired) electrons. The fourth-order valence-electron chi connectivity index (χ4n) is 2.18. The third kappa shape index (κ3) is 12.1. The summed E-state index contributed by atoms with van der Waals surface area (Å²) in [7, 11) is 0. The predicted octanol–water partition coefficient (Wildman–Crippen LogP) is 4.53. The standard InChI is InChI=1S/C16H26O4.C4H6O2/c1-5-7-8-13(6-2)10-14(12(4)16(19)20)9-11(3)15(17)18;1-3(2)4(5)6/h9,13-14H,4-8,10H2,1-3H3,(H,17,18)(H,19,20);1H2,2H3,(H,5,6). The largest absolute Gasteiger partial charge is 0.478 e. The Bertz CT molecular complexity index is 533. The van der Waals surface area contributed by atoms with E-state index in [-0.39, 0.29) is 16.7 Å². The van der Waals surface area contributed by atoms with Crippen LogP contribution in [-0.4, -0.2) is 33.2 Å². The first-order valence-corrected chi connectivity index (χ1v) is 8.70. The van der Waals surface area contributed by atoms with Gasteiger partial charge in [0.15, 0.2) is 0 Å². The van der Waals surface area contributed by atoms with Crippen LogP contribution in [0.5, 0.6) is 0 Å². The zero-order chi connectivity index (χ0) is 20.9. The van der Waals surface area contributed by atoms with Crippen LogP contribution < -0.4 is 0 Å². The number of hydrogen-bond donors (Lipinski definition) is 3. The molecule has 148 valence electrons. The first kappa shape index (κ1) is 25.9. The highest BCUT2D eigenvalue weighted by Crippen LogP contribution is 2.27. The van der Waals surface area contributed by atoms with E-state index in [1.54, 1.807) is 0 Å². The van der Waals surface area contributed by atoms with Crippen LogP contribution in [-0.2, 0) is 14.4 Å². The van der Waals surface area contributed by atoms with Gasteiger partial charge in [0.25, 0.3) is 0 Å². The van der Waals surface area contributed by atoms with Crippen molar-refractivity contribution in [3.8, 4) is 0 Å². The SMILES string of the molecule is C=C(C(=O)O)C(C=C(C)C(=O)O)CC(CC)CCCC.C=C(C)C(=O)O. The van der Waals surface area contributed by atoms with Gasteiger partial charge in [-0.15, -0.1) is 0 Å². The minimum atomic E-state index is -1.06. The Hall–Kier alpha value is -2.37. The lowest BCUT2D eigenvalue weighted by Gasteiger charge is -2.21. The van der Waals surface area contributed by atoms with Crippen molar-refractivity contribution in [2.75, 3.05) is 0 Å². The van der Waals surface area contributed by atoms with Crippen molar-refractivity contribution >= 4 is 17.9 Å². The van der Waals surface area contributed by atoms with Gasteiger partial charge in [0.05, 0.1) is 0 Å². The molecule has 0 rings (SSSR count). The second kappa shape index (κ2) is 13.9. The molecule has 0 aromatic heterocycles. The summed E-state index contributed by atoms with van der Waals surface area (Å²) in [6.07, 6.45) is 6.37. The lowest BCUT2D eigenvalue weighted by atomic mass is 9.84. The molecule has 0 fully saturated rings. The van der Waals surface area contributed by atoms with Crippen LogP contribution >= 0.6 is 0 Å². The highest BCUT2D eigenvalue weighted by molar-refractivity contribution is 5.89. The van der Waals surface area contributed by atoms with Crippen LogP contribution in [0.25, 0.3) is 0 Å². The van der Waals surface area contributed by atoms with Crippen molar-refractivity contribution in [2.24, 2.45) is 11.8 Å². The van der Waals surface area contributed by atoms with Crippen LogP contribution in [0.3, 0.4) is 0 Å². The van der Waals surface area contributed by atoms with Gasteiger partial charge in [0, 0.05) is 22.6 Å². The zero-order valence-electron chi connectivity index (χ0n) is 16.2. The van der Waals surface area contributed by atoms with E-state index in [1.807, 2.05) is 0 Å². The molecular formula is C20H32O6. The molecule has 0 spiro atoms. The average Bonchev–Trinajstić information content (AvgIpc) is 2.56. The third-order valence-electron chi connectivity index (χ3n) is 4.01. The summed E-state index contributed by atoms with van der Waals surface area (Å²) in [6, 6.07) is 0. The van der Waals surface area contributed by atoms with Gasteiger partial charge in [-0.2, -0.15) is 0 Å². The van der Waals surface area contributed by atoms with E-state index < -0.39 is 23.8 Å². The minimum Gasteiger partial charge on any atom is -0.478 e. The van der Waals surface area contributed by atoms with Crippen LogP contribution in [0.1, 0.15) is 59.8 Å². The normalized spacial score (nSPS) is 13.0. The van der Waals surface area contributed by atoms with Crippen LogP contribution in [0.15, 0.2) is 36.0 Å². The van der Waals surface area contributed by atoms with E-state index >= 15 is 0 Å². The van der Waals surface area contributed by atoms with E-state index in [4.69, 9.17) is 15.3 Å². The topological polar surface area (TPSA) is 112 Å². The summed E-state index contributed by atoms with van der Waals surface area (Å²) in [5.41, 5.74) is 0.415. The molecule has 6 nitrogen and oxygen atoms in total.